The van der Waals surface area contributed by atoms with Gasteiger partial charge in [0.05, 0.1) is 86.0 Å². The second-order valence-electron chi connectivity index (χ2n) is 30.6. The molecule has 592 valence electrons. The van der Waals surface area contributed by atoms with Gasteiger partial charge >= 0.3 is 0 Å². The van der Waals surface area contributed by atoms with Crippen LogP contribution in [-0.2, 0) is 0 Å². The van der Waals surface area contributed by atoms with Crippen LogP contribution in [0.2, 0.25) is 0 Å². The highest BCUT2D eigenvalue weighted by Crippen LogP contribution is 2.53. The number of nitrogens with zero attached hydrogens (tertiary/aromatic N) is 8. The van der Waals surface area contributed by atoms with Gasteiger partial charge in [-0.05, 0) is 152 Å². The summed E-state index contributed by atoms with van der Waals surface area (Å²) >= 11 is 33.7. The number of rotatable bonds is 8. The molecular formula is C88H104N8S16. The first-order valence-electron chi connectivity index (χ1n) is 39.4. The molecule has 16 heterocycles. The van der Waals surface area contributed by atoms with Crippen molar-refractivity contribution in [2.45, 2.75) is 141 Å². The van der Waals surface area contributed by atoms with Crippen LogP contribution < -0.4 is 39.2 Å². The molecule has 8 aromatic rings. The van der Waals surface area contributed by atoms with E-state index < -0.39 is 0 Å². The molecule has 0 unspecified atom stereocenters. The fourth-order valence-electron chi connectivity index (χ4n) is 16.3. The molecule has 16 saturated heterocycles. The van der Waals surface area contributed by atoms with Crippen LogP contribution in [0.15, 0.2) is 194 Å². The van der Waals surface area contributed by atoms with Gasteiger partial charge in [-0.1, -0.05) is 142 Å². The van der Waals surface area contributed by atoms with E-state index in [2.05, 4.69) is 477 Å². The van der Waals surface area contributed by atoms with Crippen molar-refractivity contribution in [3.05, 3.63) is 239 Å². The first-order valence-corrected chi connectivity index (χ1v) is 56.2. The monoisotopic (exact) mass is 1780 g/mol. The van der Waals surface area contributed by atoms with Crippen molar-refractivity contribution in [1.82, 2.24) is 0 Å². The minimum atomic E-state index is 0.729. The molecule has 24 heteroatoms. The number of anilines is 8. The molecule has 8 nitrogen and oxygen atoms in total. The van der Waals surface area contributed by atoms with E-state index in [1.54, 1.807) is 0 Å². The zero-order chi connectivity index (χ0) is 76.3. The van der Waals surface area contributed by atoms with Crippen LogP contribution in [0.5, 0.6) is 0 Å². The molecule has 16 aliphatic heterocycles. The average molecular weight is 1790 g/mol. The van der Waals surface area contributed by atoms with Crippen LogP contribution in [0, 0.1) is 55.4 Å². The lowest BCUT2D eigenvalue weighted by atomic mass is 10.2. The van der Waals surface area contributed by atoms with E-state index in [9.17, 15) is 0 Å². The Morgan fingerprint density at radius 2 is 0.205 bits per heavy atom. The maximum Gasteiger partial charge on any atom is 0.0854 e. The molecule has 0 spiro atoms. The fraction of sp³-hybridized carbons (Fsp3) is 0.455. The molecule has 0 amide bonds. The Morgan fingerprint density at radius 3 is 0.268 bits per heavy atom. The second kappa shape index (κ2) is 38.2. The van der Waals surface area contributed by atoms with E-state index in [0.29, 0.717) is 0 Å². The quantitative estimate of drug-likeness (QED) is 0.144. The van der Waals surface area contributed by atoms with Crippen molar-refractivity contribution in [2.24, 2.45) is 0 Å². The third-order valence-corrected chi connectivity index (χ3v) is 46.5. The van der Waals surface area contributed by atoms with Crippen LogP contribution in [0.4, 0.5) is 45.5 Å². The highest BCUT2D eigenvalue weighted by Gasteiger charge is 2.47. The van der Waals surface area contributed by atoms with Crippen LogP contribution in [0.25, 0.3) is 0 Å². The average Bonchev–Trinajstić information content (AvgIpc) is 1.70. The van der Waals surface area contributed by atoms with Crippen molar-refractivity contribution in [3.8, 4) is 0 Å². The van der Waals surface area contributed by atoms with Gasteiger partial charge in [0.1, 0.15) is 0 Å². The molecule has 16 aliphatic rings. The maximum atomic E-state index is 2.58. The largest absolute Gasteiger partial charge is 0.346 e. The molecule has 24 rings (SSSR count). The fourth-order valence-corrected chi connectivity index (χ4v) is 42.5. The van der Waals surface area contributed by atoms with Crippen LogP contribution in [0.1, 0.15) is 44.5 Å². The van der Waals surface area contributed by atoms with Crippen LogP contribution in [0.3, 0.4) is 0 Å². The Labute approximate surface area is 736 Å². The van der Waals surface area contributed by atoms with E-state index in [4.69, 9.17) is 0 Å². The summed E-state index contributed by atoms with van der Waals surface area (Å²) in [5, 5.41) is 11.7. The smallest absolute Gasteiger partial charge is 0.0854 e. The molecule has 16 atom stereocenters. The molecule has 0 aliphatic carbocycles. The minimum Gasteiger partial charge on any atom is -0.346 e. The van der Waals surface area contributed by atoms with Crippen molar-refractivity contribution < 1.29 is 0 Å². The van der Waals surface area contributed by atoms with Crippen molar-refractivity contribution in [2.75, 3.05) is 131 Å². The number of thioether (sulfide) groups is 16. The van der Waals surface area contributed by atoms with Crippen molar-refractivity contribution >= 4 is 234 Å². The predicted octanol–water partition coefficient (Wildman–Crippen LogP) is 23.6. The predicted molar refractivity (Wildman–Crippen MR) is 529 cm³/mol. The maximum absolute atomic E-state index is 2.58. The van der Waals surface area contributed by atoms with Crippen molar-refractivity contribution in [3.63, 3.8) is 0 Å². The first kappa shape index (κ1) is 82.1. The Bertz CT molecular complexity index is 3360. The second-order valence-corrected chi connectivity index (χ2v) is 49.9. The first-order chi connectivity index (χ1) is 54.7. The van der Waals surface area contributed by atoms with Gasteiger partial charge in [0, 0.05) is 138 Å². The van der Waals surface area contributed by atoms with Gasteiger partial charge in [-0.3, -0.25) is 0 Å². The number of aryl methyl sites for hydroxylation is 8. The number of hydrogen-bond donors (Lipinski definition) is 0. The Morgan fingerprint density at radius 1 is 0.134 bits per heavy atom. The van der Waals surface area contributed by atoms with Gasteiger partial charge in [0.15, 0.2) is 0 Å². The summed E-state index contributed by atoms with van der Waals surface area (Å²) < 4.78 is 0. The van der Waals surface area contributed by atoms with Gasteiger partial charge in [0.25, 0.3) is 0 Å². The zero-order valence-corrected chi connectivity index (χ0v) is 78.2. The molecule has 0 saturated carbocycles. The Kier molecular flexibility index (Phi) is 28.0. The topological polar surface area (TPSA) is 25.9 Å². The van der Waals surface area contributed by atoms with E-state index in [-0.39, 0.29) is 0 Å². The zero-order valence-electron chi connectivity index (χ0n) is 65.1. The number of benzene rings is 8. The SMILES string of the molecule is Cc1ccc(N2[C@@H]3CS[C@H]2CS3)cc1.Cc1ccc(N2[C@@H]3CS[C@H]2CS3)cc1.Cc1ccc(N2[C@@H]3CS[C@H]2CS3)cc1.Cc1ccc(N2[C@@H]3CS[C@H]2CS3)cc1.Cc1ccc(N2[C@H]3CS[C@@H]2CS3)cc1.Cc1ccc(N2[C@H]3CS[C@@H]2CS3)cc1.Cc1ccc(N2[C@H]3CS[C@@H]2CS3)cc1.Cc1ccc(N2[C@H]3CS[C@@H]2CS3)cc1. The summed E-state index contributed by atoms with van der Waals surface area (Å²) in [6.07, 6.45) is 0. The van der Waals surface area contributed by atoms with Gasteiger partial charge in [-0.25, -0.2) is 0 Å². The lowest BCUT2D eigenvalue weighted by Gasteiger charge is -2.22. The lowest BCUT2D eigenvalue weighted by molar-refractivity contribution is 0.876. The molecule has 16 fully saturated rings. The number of fused-ring (bicyclic) bond motifs is 16. The van der Waals surface area contributed by atoms with E-state index in [0.717, 1.165) is 86.0 Å². The molecule has 0 N–H and O–H groups in total. The van der Waals surface area contributed by atoms with E-state index >= 15 is 0 Å². The normalized spacial score (nSPS) is 29.9. The lowest BCUT2D eigenvalue weighted by Crippen LogP contribution is -2.28. The summed E-state index contributed by atoms with van der Waals surface area (Å²) in [7, 11) is 0. The summed E-state index contributed by atoms with van der Waals surface area (Å²) in [5.74, 6) is 20.7. The summed E-state index contributed by atoms with van der Waals surface area (Å²) in [5.41, 5.74) is 22.0. The molecule has 16 bridgehead atoms. The highest BCUT2D eigenvalue weighted by atomic mass is 32.2. The Hall–Kier alpha value is -2.24. The highest BCUT2D eigenvalue weighted by molar-refractivity contribution is 8.11. The van der Waals surface area contributed by atoms with E-state index in [1.165, 1.54) is 182 Å². The van der Waals surface area contributed by atoms with Gasteiger partial charge in [-0.15, -0.1) is 188 Å². The number of hydrogen-bond acceptors (Lipinski definition) is 24. The summed E-state index contributed by atoms with van der Waals surface area (Å²) in [4.78, 5) is 20.6. The van der Waals surface area contributed by atoms with Crippen LogP contribution in [-0.4, -0.2) is 178 Å². The third kappa shape index (κ3) is 19.1. The van der Waals surface area contributed by atoms with Gasteiger partial charge < -0.3 is 39.2 Å². The minimum absolute atomic E-state index is 0.729. The standard InChI is InChI=1S/8C11H13NS2/c8*1-8-2-4-9(5-3-8)12-10-6-13-11(12)7-14-10/h8*2-5,10-11H,6-7H2,1H3/t8*10-,11-/m11110000/s1. The molecule has 0 aromatic heterocycles. The molecule has 112 heavy (non-hydrogen) atoms. The molecular weight excluding hydrogens is 1680 g/mol. The van der Waals surface area contributed by atoms with Crippen LogP contribution >= 0.6 is 188 Å². The van der Waals surface area contributed by atoms with E-state index in [1.807, 2.05) is 0 Å². The van der Waals surface area contributed by atoms with Gasteiger partial charge in [0.2, 0.25) is 0 Å². The van der Waals surface area contributed by atoms with Gasteiger partial charge in [-0.2, -0.15) is 0 Å². The Balaban J connectivity index is 0.0000000929. The summed E-state index contributed by atoms with van der Waals surface area (Å²) in [6.45, 7) is 17.2. The van der Waals surface area contributed by atoms with Crippen molar-refractivity contribution in [1.29, 1.82) is 0 Å². The molecule has 8 aromatic carbocycles. The third-order valence-electron chi connectivity index (χ3n) is 22.5. The summed E-state index contributed by atoms with van der Waals surface area (Å²) in [6, 6.07) is 71.5. The molecule has 0 radical (unpaired) electrons.